The summed E-state index contributed by atoms with van der Waals surface area (Å²) in [6.07, 6.45) is 1.39. The summed E-state index contributed by atoms with van der Waals surface area (Å²) in [5, 5.41) is 0. The smallest absolute Gasteiger partial charge is 0.240 e. The van der Waals surface area contributed by atoms with Gasteiger partial charge in [0.1, 0.15) is 6.04 Å². The fourth-order valence-corrected chi connectivity index (χ4v) is 1.81. The van der Waals surface area contributed by atoms with Crippen molar-refractivity contribution in [2.75, 3.05) is 6.54 Å². The number of nitrogens with zero attached hydrogens (tertiary/aromatic N) is 1. The monoisotopic (exact) mass is 184 g/mol. The average molecular weight is 184 g/mol. The minimum atomic E-state index is -0.421. The number of hydrogen-bond acceptors (Lipinski definition) is 2. The van der Waals surface area contributed by atoms with Gasteiger partial charge in [0.15, 0.2) is 0 Å². The van der Waals surface area contributed by atoms with Gasteiger partial charge in [0.2, 0.25) is 11.8 Å². The lowest BCUT2D eigenvalue weighted by atomic mass is 10.0. The van der Waals surface area contributed by atoms with E-state index in [1.165, 1.54) is 0 Å². The average Bonchev–Trinajstić information content (AvgIpc) is 2.35. The minimum absolute atomic E-state index is 0.0532. The highest BCUT2D eigenvalue weighted by Gasteiger charge is 2.33. The molecule has 0 spiro atoms. The standard InChI is InChI=1S/C9H16N2O2/c1-6(2)8(9(10)13)11-5-3-4-7(11)12/h6,8H,3-5H2,1-2H3,(H2,10,13)/t8-/m0/s1. The van der Waals surface area contributed by atoms with Gasteiger partial charge in [-0.1, -0.05) is 13.8 Å². The third kappa shape index (κ3) is 1.99. The fourth-order valence-electron chi connectivity index (χ4n) is 1.81. The molecule has 4 heteroatoms. The predicted molar refractivity (Wildman–Crippen MR) is 48.8 cm³/mol. The van der Waals surface area contributed by atoms with Crippen molar-refractivity contribution in [3.8, 4) is 0 Å². The lowest BCUT2D eigenvalue weighted by molar-refractivity contribution is -0.137. The number of hydrogen-bond donors (Lipinski definition) is 1. The maximum atomic E-state index is 11.3. The van der Waals surface area contributed by atoms with Gasteiger partial charge in [-0.2, -0.15) is 0 Å². The minimum Gasteiger partial charge on any atom is -0.368 e. The predicted octanol–water partition coefficient (Wildman–Crippen LogP) is 0.119. The molecule has 2 N–H and O–H groups in total. The van der Waals surface area contributed by atoms with E-state index in [0.29, 0.717) is 13.0 Å². The van der Waals surface area contributed by atoms with Crippen LogP contribution in [-0.4, -0.2) is 29.3 Å². The van der Waals surface area contributed by atoms with Crippen LogP contribution in [0.25, 0.3) is 0 Å². The second kappa shape index (κ2) is 3.77. The van der Waals surface area contributed by atoms with E-state index in [1.807, 2.05) is 13.8 Å². The zero-order valence-electron chi connectivity index (χ0n) is 8.12. The summed E-state index contributed by atoms with van der Waals surface area (Å²) in [5.74, 6) is -0.248. The van der Waals surface area contributed by atoms with Gasteiger partial charge >= 0.3 is 0 Å². The van der Waals surface area contributed by atoms with E-state index in [2.05, 4.69) is 0 Å². The topological polar surface area (TPSA) is 63.4 Å². The Balaban J connectivity index is 2.75. The van der Waals surface area contributed by atoms with Crippen LogP contribution >= 0.6 is 0 Å². The quantitative estimate of drug-likeness (QED) is 0.677. The Morgan fingerprint density at radius 3 is 2.46 bits per heavy atom. The third-order valence-corrected chi connectivity index (χ3v) is 2.37. The summed E-state index contributed by atoms with van der Waals surface area (Å²) in [6, 6.07) is -0.421. The van der Waals surface area contributed by atoms with Crippen molar-refractivity contribution >= 4 is 11.8 Å². The highest BCUT2D eigenvalue weighted by Crippen LogP contribution is 2.18. The summed E-state index contributed by atoms with van der Waals surface area (Å²) >= 11 is 0. The van der Waals surface area contributed by atoms with Gasteiger partial charge in [-0.15, -0.1) is 0 Å². The Hall–Kier alpha value is -1.06. The van der Waals surface area contributed by atoms with Crippen molar-refractivity contribution in [3.63, 3.8) is 0 Å². The van der Waals surface area contributed by atoms with E-state index in [4.69, 9.17) is 5.73 Å². The van der Waals surface area contributed by atoms with E-state index < -0.39 is 11.9 Å². The first kappa shape index (κ1) is 10.0. The van der Waals surface area contributed by atoms with Crippen LogP contribution in [0.3, 0.4) is 0 Å². The largest absolute Gasteiger partial charge is 0.368 e. The molecule has 1 aliphatic heterocycles. The Bertz CT molecular complexity index is 226. The first-order chi connectivity index (χ1) is 6.04. The van der Waals surface area contributed by atoms with Crippen LogP contribution in [0.15, 0.2) is 0 Å². The zero-order valence-corrected chi connectivity index (χ0v) is 8.12. The van der Waals surface area contributed by atoms with Crippen molar-refractivity contribution < 1.29 is 9.59 Å². The van der Waals surface area contributed by atoms with Crippen LogP contribution in [0, 0.1) is 5.92 Å². The normalized spacial score (nSPS) is 19.6. The molecule has 0 aromatic rings. The van der Waals surface area contributed by atoms with Crippen molar-refractivity contribution in [2.45, 2.75) is 32.7 Å². The molecular formula is C9H16N2O2. The summed E-state index contributed by atoms with van der Waals surface area (Å²) < 4.78 is 0. The molecule has 1 aliphatic rings. The van der Waals surface area contributed by atoms with Crippen molar-refractivity contribution in [3.05, 3.63) is 0 Å². The molecule has 0 unspecified atom stereocenters. The number of amides is 2. The highest BCUT2D eigenvalue weighted by atomic mass is 16.2. The number of carbonyl (C=O) groups excluding carboxylic acids is 2. The Morgan fingerprint density at radius 2 is 2.15 bits per heavy atom. The van der Waals surface area contributed by atoms with Crippen molar-refractivity contribution in [2.24, 2.45) is 11.7 Å². The first-order valence-corrected chi connectivity index (χ1v) is 4.63. The Labute approximate surface area is 78.1 Å². The van der Waals surface area contributed by atoms with Crippen molar-refractivity contribution in [1.29, 1.82) is 0 Å². The second-order valence-corrected chi connectivity index (χ2v) is 3.78. The molecule has 0 radical (unpaired) electrons. The lowest BCUT2D eigenvalue weighted by Gasteiger charge is -2.27. The maximum absolute atomic E-state index is 11.3. The Kier molecular flexibility index (Phi) is 2.90. The van der Waals surface area contributed by atoms with Crippen LogP contribution < -0.4 is 5.73 Å². The number of rotatable bonds is 3. The molecule has 13 heavy (non-hydrogen) atoms. The number of likely N-dealkylation sites (tertiary alicyclic amines) is 1. The van der Waals surface area contributed by atoms with E-state index in [9.17, 15) is 9.59 Å². The zero-order chi connectivity index (χ0) is 10.0. The van der Waals surface area contributed by atoms with Crippen molar-refractivity contribution in [1.82, 2.24) is 4.90 Å². The van der Waals surface area contributed by atoms with Gasteiger partial charge in [0.25, 0.3) is 0 Å². The molecule has 1 atom stereocenters. The fraction of sp³-hybridized carbons (Fsp3) is 0.778. The van der Waals surface area contributed by atoms with E-state index in [0.717, 1.165) is 6.42 Å². The van der Waals surface area contributed by atoms with Crippen LogP contribution in [0.5, 0.6) is 0 Å². The molecule has 0 saturated carbocycles. The molecule has 0 aliphatic carbocycles. The first-order valence-electron chi connectivity index (χ1n) is 4.63. The molecular weight excluding hydrogens is 168 g/mol. The van der Waals surface area contributed by atoms with Crippen LogP contribution in [0.1, 0.15) is 26.7 Å². The van der Waals surface area contributed by atoms with Crippen LogP contribution in [0.4, 0.5) is 0 Å². The SMILES string of the molecule is CC(C)[C@@H](C(N)=O)N1CCCC1=O. The van der Waals surface area contributed by atoms with Gasteiger partial charge in [-0.3, -0.25) is 9.59 Å². The molecule has 74 valence electrons. The Morgan fingerprint density at radius 1 is 1.54 bits per heavy atom. The van der Waals surface area contributed by atoms with Crippen LogP contribution in [0.2, 0.25) is 0 Å². The number of primary amides is 1. The third-order valence-electron chi connectivity index (χ3n) is 2.37. The van der Waals surface area contributed by atoms with Gasteiger partial charge in [0, 0.05) is 13.0 Å². The maximum Gasteiger partial charge on any atom is 0.240 e. The number of carbonyl (C=O) groups is 2. The van der Waals surface area contributed by atoms with Gasteiger partial charge < -0.3 is 10.6 Å². The number of nitrogens with two attached hydrogens (primary N) is 1. The summed E-state index contributed by atoms with van der Waals surface area (Å²) in [6.45, 7) is 4.48. The molecule has 1 saturated heterocycles. The van der Waals surface area contributed by atoms with Gasteiger partial charge in [0.05, 0.1) is 0 Å². The summed E-state index contributed by atoms with van der Waals surface area (Å²) in [7, 11) is 0. The van der Waals surface area contributed by atoms with Gasteiger partial charge in [-0.25, -0.2) is 0 Å². The highest BCUT2D eigenvalue weighted by molar-refractivity contribution is 5.87. The van der Waals surface area contributed by atoms with Gasteiger partial charge in [-0.05, 0) is 12.3 Å². The van der Waals surface area contributed by atoms with E-state index >= 15 is 0 Å². The van der Waals surface area contributed by atoms with E-state index in [-0.39, 0.29) is 11.8 Å². The summed E-state index contributed by atoms with van der Waals surface area (Å²) in [4.78, 5) is 24.0. The molecule has 4 nitrogen and oxygen atoms in total. The van der Waals surface area contributed by atoms with Crippen LogP contribution in [-0.2, 0) is 9.59 Å². The van der Waals surface area contributed by atoms with E-state index in [1.54, 1.807) is 4.90 Å². The molecule has 0 aromatic carbocycles. The molecule has 1 rings (SSSR count). The molecule has 2 amide bonds. The molecule has 0 aromatic heterocycles. The molecule has 0 bridgehead atoms. The second-order valence-electron chi connectivity index (χ2n) is 3.78. The summed E-state index contributed by atoms with van der Waals surface area (Å²) in [5.41, 5.74) is 5.25. The molecule has 1 heterocycles. The molecule has 1 fully saturated rings. The lowest BCUT2D eigenvalue weighted by Crippen LogP contribution is -2.48.